The van der Waals surface area contributed by atoms with Crippen LogP contribution in [0.1, 0.15) is 12.8 Å². The quantitative estimate of drug-likeness (QED) is 0.888. The predicted octanol–water partition coefficient (Wildman–Crippen LogP) is 1.95. The topological polar surface area (TPSA) is 62.7 Å². The molecular weight excluding hydrogens is 250 g/mol. The van der Waals surface area contributed by atoms with Crippen molar-refractivity contribution >= 4 is 5.82 Å². The van der Waals surface area contributed by atoms with E-state index in [-0.39, 0.29) is 0 Å². The van der Waals surface area contributed by atoms with Gasteiger partial charge in [0.15, 0.2) is 0 Å². The molecule has 2 aromatic heterocycles. The largest absolute Gasteiger partial charge is 0.370 e. The first-order valence-corrected chi connectivity index (χ1v) is 7.09. The van der Waals surface area contributed by atoms with Crippen molar-refractivity contribution in [3.63, 3.8) is 0 Å². The second-order valence-corrected chi connectivity index (χ2v) is 5.10. The maximum atomic E-state index is 4.30. The number of rotatable bonds is 4. The Morgan fingerprint density at radius 1 is 1.25 bits per heavy atom. The van der Waals surface area contributed by atoms with Crippen molar-refractivity contribution in [2.75, 3.05) is 25.0 Å². The van der Waals surface area contributed by atoms with Crippen molar-refractivity contribution in [1.29, 1.82) is 0 Å². The summed E-state index contributed by atoms with van der Waals surface area (Å²) in [6, 6.07) is 5.91. The fourth-order valence-electron chi connectivity index (χ4n) is 2.46. The lowest BCUT2D eigenvalue weighted by Crippen LogP contribution is -2.31. The summed E-state index contributed by atoms with van der Waals surface area (Å²) < 4.78 is 0. The Hall–Kier alpha value is -2.01. The van der Waals surface area contributed by atoms with Gasteiger partial charge in [-0.2, -0.15) is 0 Å². The molecule has 0 saturated carbocycles. The Morgan fingerprint density at radius 2 is 2.15 bits per heavy atom. The normalized spacial score (nSPS) is 16.0. The molecule has 1 saturated heterocycles. The molecule has 0 aromatic carbocycles. The van der Waals surface area contributed by atoms with Gasteiger partial charge in [-0.05, 0) is 44.0 Å². The van der Waals surface area contributed by atoms with Crippen LogP contribution in [0.15, 0.2) is 36.9 Å². The minimum Gasteiger partial charge on any atom is -0.370 e. The standard InChI is InChI=1S/C15H19N5/c1-2-13(10-17-5-1)14-8-15(20-11-19-14)18-9-12-3-6-16-7-4-12/h1-2,5,8,10-12,16H,3-4,6-7,9H2,(H,18,19,20). The molecule has 3 heterocycles. The van der Waals surface area contributed by atoms with Gasteiger partial charge in [-0.1, -0.05) is 0 Å². The predicted molar refractivity (Wildman–Crippen MR) is 79.3 cm³/mol. The van der Waals surface area contributed by atoms with Gasteiger partial charge in [-0.25, -0.2) is 9.97 Å². The molecule has 0 radical (unpaired) electrons. The summed E-state index contributed by atoms with van der Waals surface area (Å²) in [5.74, 6) is 1.62. The maximum absolute atomic E-state index is 4.30. The zero-order chi connectivity index (χ0) is 13.6. The smallest absolute Gasteiger partial charge is 0.129 e. The molecule has 0 bridgehead atoms. The molecule has 3 rings (SSSR count). The van der Waals surface area contributed by atoms with Crippen LogP contribution in [0.25, 0.3) is 11.3 Å². The van der Waals surface area contributed by atoms with Crippen molar-refractivity contribution in [3.05, 3.63) is 36.9 Å². The average Bonchev–Trinajstić information content (AvgIpc) is 2.55. The van der Waals surface area contributed by atoms with Crippen LogP contribution in [0.4, 0.5) is 5.82 Å². The molecule has 0 amide bonds. The summed E-state index contributed by atoms with van der Waals surface area (Å²) in [6.45, 7) is 3.22. The van der Waals surface area contributed by atoms with E-state index in [1.54, 1.807) is 12.5 Å². The highest BCUT2D eigenvalue weighted by molar-refractivity contribution is 5.60. The van der Waals surface area contributed by atoms with Gasteiger partial charge in [0, 0.05) is 30.6 Å². The third kappa shape index (κ3) is 3.30. The molecular formula is C15H19N5. The minimum absolute atomic E-state index is 0.730. The number of pyridine rings is 1. The minimum atomic E-state index is 0.730. The fraction of sp³-hybridized carbons (Fsp3) is 0.400. The van der Waals surface area contributed by atoms with Crippen molar-refractivity contribution in [3.8, 4) is 11.3 Å². The number of hydrogen-bond donors (Lipinski definition) is 2. The molecule has 1 fully saturated rings. The highest BCUT2D eigenvalue weighted by atomic mass is 15.0. The maximum Gasteiger partial charge on any atom is 0.129 e. The Kier molecular flexibility index (Phi) is 4.18. The lowest BCUT2D eigenvalue weighted by atomic mass is 9.98. The highest BCUT2D eigenvalue weighted by Gasteiger charge is 2.12. The molecule has 5 heteroatoms. The van der Waals surface area contributed by atoms with Crippen molar-refractivity contribution in [2.45, 2.75) is 12.8 Å². The fourth-order valence-corrected chi connectivity index (χ4v) is 2.46. The van der Waals surface area contributed by atoms with Crippen LogP contribution in [0.5, 0.6) is 0 Å². The highest BCUT2D eigenvalue weighted by Crippen LogP contribution is 2.18. The summed E-state index contributed by atoms with van der Waals surface area (Å²) in [5.41, 5.74) is 1.92. The summed E-state index contributed by atoms with van der Waals surface area (Å²) in [5, 5.41) is 6.81. The molecule has 2 aromatic rings. The number of nitrogens with zero attached hydrogens (tertiary/aromatic N) is 3. The van der Waals surface area contributed by atoms with Gasteiger partial charge in [-0.3, -0.25) is 4.98 Å². The van der Waals surface area contributed by atoms with E-state index in [0.29, 0.717) is 0 Å². The van der Waals surface area contributed by atoms with Gasteiger partial charge in [0.05, 0.1) is 5.69 Å². The second kappa shape index (κ2) is 6.43. The van der Waals surface area contributed by atoms with Gasteiger partial charge in [0.1, 0.15) is 12.1 Å². The van der Waals surface area contributed by atoms with Crippen LogP contribution < -0.4 is 10.6 Å². The number of piperidine rings is 1. The van der Waals surface area contributed by atoms with E-state index in [1.165, 1.54) is 12.8 Å². The molecule has 0 spiro atoms. The summed E-state index contributed by atoms with van der Waals surface area (Å²) in [7, 11) is 0. The van der Waals surface area contributed by atoms with Crippen molar-refractivity contribution < 1.29 is 0 Å². The van der Waals surface area contributed by atoms with Crippen LogP contribution in [0.2, 0.25) is 0 Å². The Labute approximate surface area is 118 Å². The summed E-state index contributed by atoms with van der Waals surface area (Å²) >= 11 is 0. The number of hydrogen-bond acceptors (Lipinski definition) is 5. The molecule has 0 atom stereocenters. The van der Waals surface area contributed by atoms with Gasteiger partial charge in [-0.15, -0.1) is 0 Å². The number of anilines is 1. The van der Waals surface area contributed by atoms with E-state index in [4.69, 9.17) is 0 Å². The average molecular weight is 269 g/mol. The van der Waals surface area contributed by atoms with E-state index < -0.39 is 0 Å². The Bertz CT molecular complexity index is 537. The zero-order valence-electron chi connectivity index (χ0n) is 11.4. The molecule has 20 heavy (non-hydrogen) atoms. The van der Waals surface area contributed by atoms with E-state index in [9.17, 15) is 0 Å². The first kappa shape index (κ1) is 13.0. The van der Waals surface area contributed by atoms with Gasteiger partial charge >= 0.3 is 0 Å². The van der Waals surface area contributed by atoms with Gasteiger partial charge in [0.25, 0.3) is 0 Å². The van der Waals surface area contributed by atoms with Crippen LogP contribution in [-0.4, -0.2) is 34.6 Å². The Balaban J connectivity index is 1.65. The van der Waals surface area contributed by atoms with Gasteiger partial charge in [0.2, 0.25) is 0 Å². The molecule has 2 N–H and O–H groups in total. The van der Waals surface area contributed by atoms with Crippen LogP contribution in [0.3, 0.4) is 0 Å². The SMILES string of the molecule is c1cncc(-c2cc(NCC3CCNCC3)ncn2)c1. The van der Waals surface area contributed by atoms with E-state index >= 15 is 0 Å². The third-order valence-electron chi connectivity index (χ3n) is 3.65. The zero-order valence-corrected chi connectivity index (χ0v) is 11.4. The van der Waals surface area contributed by atoms with E-state index in [0.717, 1.165) is 42.6 Å². The monoisotopic (exact) mass is 269 g/mol. The van der Waals surface area contributed by atoms with E-state index in [1.807, 2.05) is 24.4 Å². The number of nitrogens with one attached hydrogen (secondary N) is 2. The second-order valence-electron chi connectivity index (χ2n) is 5.10. The number of aromatic nitrogens is 3. The summed E-state index contributed by atoms with van der Waals surface area (Å²) in [4.78, 5) is 12.7. The molecule has 1 aliphatic heterocycles. The molecule has 5 nitrogen and oxygen atoms in total. The van der Waals surface area contributed by atoms with Crippen molar-refractivity contribution in [2.24, 2.45) is 5.92 Å². The lowest BCUT2D eigenvalue weighted by molar-refractivity contribution is 0.389. The van der Waals surface area contributed by atoms with E-state index in [2.05, 4.69) is 25.6 Å². The Morgan fingerprint density at radius 3 is 2.95 bits per heavy atom. The molecule has 1 aliphatic rings. The van der Waals surface area contributed by atoms with Crippen LogP contribution >= 0.6 is 0 Å². The summed E-state index contributed by atoms with van der Waals surface area (Å²) in [6.07, 6.45) is 7.65. The first-order valence-electron chi connectivity index (χ1n) is 7.09. The van der Waals surface area contributed by atoms with Gasteiger partial charge < -0.3 is 10.6 Å². The third-order valence-corrected chi connectivity index (χ3v) is 3.65. The lowest BCUT2D eigenvalue weighted by Gasteiger charge is -2.22. The van der Waals surface area contributed by atoms with Crippen molar-refractivity contribution in [1.82, 2.24) is 20.3 Å². The molecule has 0 aliphatic carbocycles. The molecule has 104 valence electrons. The van der Waals surface area contributed by atoms with Crippen LogP contribution in [0, 0.1) is 5.92 Å². The molecule has 0 unspecified atom stereocenters. The first-order chi connectivity index (χ1) is 9.92. The van der Waals surface area contributed by atoms with Crippen LogP contribution in [-0.2, 0) is 0 Å².